The van der Waals surface area contributed by atoms with E-state index in [1.807, 2.05) is 0 Å². The quantitative estimate of drug-likeness (QED) is 0.646. The van der Waals surface area contributed by atoms with Gasteiger partial charge in [-0.25, -0.2) is 9.78 Å². The number of aromatic nitrogens is 3. The van der Waals surface area contributed by atoms with E-state index in [2.05, 4.69) is 14.7 Å². The van der Waals surface area contributed by atoms with Gasteiger partial charge in [0, 0.05) is 11.1 Å². The van der Waals surface area contributed by atoms with E-state index in [1.165, 1.54) is 29.9 Å². The third-order valence-corrected chi connectivity index (χ3v) is 4.69. The fourth-order valence-corrected chi connectivity index (χ4v) is 3.16. The van der Waals surface area contributed by atoms with Crippen LogP contribution in [0.4, 0.5) is 0 Å². The summed E-state index contributed by atoms with van der Waals surface area (Å²) in [6.45, 7) is 1.22. The Morgan fingerprint density at radius 3 is 2.74 bits per heavy atom. The molecule has 0 saturated heterocycles. The molecule has 140 valence electrons. The lowest BCUT2D eigenvalue weighted by molar-refractivity contribution is -0.146. The lowest BCUT2D eigenvalue weighted by Crippen LogP contribution is -2.22. The van der Waals surface area contributed by atoms with Crippen molar-refractivity contribution in [3.63, 3.8) is 0 Å². The lowest BCUT2D eigenvalue weighted by atomic mass is 10.1. The van der Waals surface area contributed by atoms with E-state index in [-0.39, 0.29) is 40.3 Å². The molecule has 0 aliphatic carbocycles. The highest BCUT2D eigenvalue weighted by atomic mass is 32.1. The van der Waals surface area contributed by atoms with Gasteiger partial charge in [0.2, 0.25) is 0 Å². The number of fused-ring (bicyclic) bond motifs is 1. The molecule has 9 nitrogen and oxygen atoms in total. The highest BCUT2D eigenvalue weighted by Gasteiger charge is 2.13. The van der Waals surface area contributed by atoms with Crippen molar-refractivity contribution in [2.45, 2.75) is 20.1 Å². The highest BCUT2D eigenvalue weighted by molar-refractivity contribution is 7.07. The molecule has 3 rings (SSSR count). The zero-order chi connectivity index (χ0) is 19.6. The van der Waals surface area contributed by atoms with Crippen LogP contribution in [0.15, 0.2) is 33.2 Å². The van der Waals surface area contributed by atoms with Gasteiger partial charge in [-0.1, -0.05) is 11.3 Å². The van der Waals surface area contributed by atoms with Crippen molar-refractivity contribution in [1.29, 1.82) is 0 Å². The molecular weight excluding hydrogens is 374 g/mol. The summed E-state index contributed by atoms with van der Waals surface area (Å²) in [6, 6.07) is 4.36. The van der Waals surface area contributed by atoms with Crippen LogP contribution in [-0.2, 0) is 27.4 Å². The smallest absolute Gasteiger partial charge is 0.337 e. The molecule has 0 atom stereocenters. The molecule has 1 aromatic carbocycles. The number of nitrogens with zero attached hydrogens (tertiary/aromatic N) is 2. The van der Waals surface area contributed by atoms with Crippen LogP contribution in [-0.4, -0.2) is 33.6 Å². The zero-order valence-corrected chi connectivity index (χ0v) is 15.3. The number of carbonyl (C=O) groups is 2. The number of methoxy groups -OCH3 is 1. The number of H-pyrrole nitrogens is 1. The van der Waals surface area contributed by atoms with Crippen LogP contribution in [0.5, 0.6) is 0 Å². The van der Waals surface area contributed by atoms with E-state index in [9.17, 15) is 19.2 Å². The molecule has 0 spiro atoms. The van der Waals surface area contributed by atoms with E-state index in [1.54, 1.807) is 12.3 Å². The fourth-order valence-electron chi connectivity index (χ4n) is 2.42. The Balaban J connectivity index is 1.78. The molecule has 2 heterocycles. The normalized spacial score (nSPS) is 10.7. The second kappa shape index (κ2) is 7.54. The van der Waals surface area contributed by atoms with E-state index in [0.29, 0.717) is 5.69 Å². The number of hydrogen-bond donors (Lipinski definition) is 1. The maximum absolute atomic E-state index is 12.1. The Kier molecular flexibility index (Phi) is 5.17. The molecule has 0 fully saturated rings. The number of aryl methyl sites for hydroxylation is 1. The molecule has 0 radical (unpaired) electrons. The highest BCUT2D eigenvalue weighted by Crippen LogP contribution is 2.12. The van der Waals surface area contributed by atoms with Crippen LogP contribution >= 0.6 is 11.3 Å². The molecule has 0 aliphatic rings. The number of benzene rings is 1. The molecule has 0 saturated carbocycles. The first kappa shape index (κ1) is 18.5. The van der Waals surface area contributed by atoms with Crippen LogP contribution in [0.3, 0.4) is 0 Å². The van der Waals surface area contributed by atoms with Crippen molar-refractivity contribution in [1.82, 2.24) is 14.5 Å². The van der Waals surface area contributed by atoms with Crippen molar-refractivity contribution in [3.05, 3.63) is 60.7 Å². The van der Waals surface area contributed by atoms with Crippen LogP contribution in [0.2, 0.25) is 0 Å². The molecule has 1 N–H and O–H groups in total. The predicted molar refractivity (Wildman–Crippen MR) is 96.8 cm³/mol. The van der Waals surface area contributed by atoms with E-state index < -0.39 is 17.5 Å². The van der Waals surface area contributed by atoms with Crippen LogP contribution in [0, 0.1) is 6.92 Å². The molecular formula is C17H15N3O6S. The molecule has 0 amide bonds. The molecule has 0 bridgehead atoms. The van der Waals surface area contributed by atoms with Gasteiger partial charge in [0.25, 0.3) is 5.56 Å². The van der Waals surface area contributed by atoms with Gasteiger partial charge in [0.05, 0.1) is 23.6 Å². The summed E-state index contributed by atoms with van der Waals surface area (Å²) >= 11 is 0.998. The van der Waals surface area contributed by atoms with Gasteiger partial charge >= 0.3 is 16.8 Å². The van der Waals surface area contributed by atoms with Gasteiger partial charge < -0.3 is 14.5 Å². The lowest BCUT2D eigenvalue weighted by Gasteiger charge is -2.07. The van der Waals surface area contributed by atoms with Crippen molar-refractivity contribution >= 4 is 34.2 Å². The number of hydrogen-bond acceptors (Lipinski definition) is 8. The van der Waals surface area contributed by atoms with Gasteiger partial charge in [-0.3, -0.25) is 19.0 Å². The Morgan fingerprint density at radius 2 is 2.07 bits per heavy atom. The molecule has 10 heteroatoms. The van der Waals surface area contributed by atoms with Crippen molar-refractivity contribution in [3.8, 4) is 0 Å². The fraction of sp³-hybridized carbons (Fsp3) is 0.235. The third-order valence-electron chi connectivity index (χ3n) is 3.81. The van der Waals surface area contributed by atoms with E-state index in [0.717, 1.165) is 11.3 Å². The summed E-state index contributed by atoms with van der Waals surface area (Å²) in [4.78, 5) is 53.8. The van der Waals surface area contributed by atoms with Crippen molar-refractivity contribution < 1.29 is 19.1 Å². The molecule has 0 unspecified atom stereocenters. The van der Waals surface area contributed by atoms with Gasteiger partial charge in [-0.2, -0.15) is 0 Å². The molecule has 0 aliphatic heterocycles. The monoisotopic (exact) mass is 389 g/mol. The maximum Gasteiger partial charge on any atom is 0.337 e. The van der Waals surface area contributed by atoms with Crippen LogP contribution in [0.25, 0.3) is 10.9 Å². The number of ether oxygens (including phenoxy) is 2. The number of nitrogens with one attached hydrogen (secondary N) is 1. The molecule has 2 aromatic heterocycles. The first-order chi connectivity index (χ1) is 12.9. The third kappa shape index (κ3) is 3.95. The number of aromatic amines is 1. The second-order valence-corrected chi connectivity index (χ2v) is 6.45. The standard InChI is InChI=1S/C17H15N3O6S/c1-9-8-27-17(24)20(9)6-14(21)26-7-13-18-12-5-10(16(23)25-2)3-4-11(12)15(22)19-13/h3-5,8H,6-7H2,1-2H3,(H,18,19,22). The van der Waals surface area contributed by atoms with Crippen LogP contribution < -0.4 is 10.4 Å². The zero-order valence-electron chi connectivity index (χ0n) is 14.5. The Labute approximate surface area is 156 Å². The van der Waals surface area contributed by atoms with Crippen molar-refractivity contribution in [2.24, 2.45) is 0 Å². The SMILES string of the molecule is COC(=O)c1ccc2c(=O)[nH]c(COC(=O)Cn3c(C)csc3=O)nc2c1. The van der Waals surface area contributed by atoms with Gasteiger partial charge in [0.15, 0.2) is 0 Å². The molecule has 3 aromatic rings. The Hall–Kier alpha value is -3.27. The maximum atomic E-state index is 12.1. The number of thiazole rings is 1. The van der Waals surface area contributed by atoms with Gasteiger partial charge in [-0.05, 0) is 25.1 Å². The number of rotatable bonds is 5. The van der Waals surface area contributed by atoms with Crippen LogP contribution in [0.1, 0.15) is 21.9 Å². The van der Waals surface area contributed by atoms with Gasteiger partial charge in [-0.15, -0.1) is 0 Å². The summed E-state index contributed by atoms with van der Waals surface area (Å²) in [6.07, 6.45) is 0. The summed E-state index contributed by atoms with van der Waals surface area (Å²) in [5.41, 5.74) is 0.762. The average Bonchev–Trinajstić information content (AvgIpc) is 2.97. The number of esters is 2. The first-order valence-corrected chi connectivity index (χ1v) is 8.69. The Morgan fingerprint density at radius 1 is 1.30 bits per heavy atom. The topological polar surface area (TPSA) is 120 Å². The minimum atomic E-state index is -0.635. The molecule has 27 heavy (non-hydrogen) atoms. The minimum Gasteiger partial charge on any atom is -0.465 e. The first-order valence-electron chi connectivity index (χ1n) is 7.81. The summed E-state index contributed by atoms with van der Waals surface area (Å²) in [5.74, 6) is -1.06. The number of carbonyl (C=O) groups excluding carboxylic acids is 2. The minimum absolute atomic E-state index is 0.122. The largest absolute Gasteiger partial charge is 0.465 e. The van der Waals surface area contributed by atoms with Crippen molar-refractivity contribution in [2.75, 3.05) is 7.11 Å². The van der Waals surface area contributed by atoms with E-state index in [4.69, 9.17) is 4.74 Å². The average molecular weight is 389 g/mol. The Bertz CT molecular complexity index is 1140. The summed E-state index contributed by atoms with van der Waals surface area (Å²) in [5, 5.41) is 1.94. The summed E-state index contributed by atoms with van der Waals surface area (Å²) < 4.78 is 11.0. The second-order valence-electron chi connectivity index (χ2n) is 5.63. The van der Waals surface area contributed by atoms with Gasteiger partial charge in [0.1, 0.15) is 19.0 Å². The van der Waals surface area contributed by atoms with E-state index >= 15 is 0 Å². The predicted octanol–water partition coefficient (Wildman–Crippen LogP) is 0.985. The summed E-state index contributed by atoms with van der Waals surface area (Å²) in [7, 11) is 1.25.